The van der Waals surface area contributed by atoms with Crippen LogP contribution in [-0.4, -0.2) is 48.3 Å². The number of hydrogen-bond donors (Lipinski definition) is 1. The van der Waals surface area contributed by atoms with Gasteiger partial charge in [0, 0.05) is 26.1 Å². The molecule has 23 heavy (non-hydrogen) atoms. The molecule has 1 amide bonds. The first-order chi connectivity index (χ1) is 11.2. The van der Waals surface area contributed by atoms with Gasteiger partial charge in [-0.15, -0.1) is 0 Å². The SMILES string of the molecule is CCCN(CCc1ccccc1)C(=O)[C@@H]1CC[C@H](O)[C@H](OC)C1. The van der Waals surface area contributed by atoms with E-state index in [1.165, 1.54) is 5.56 Å². The lowest BCUT2D eigenvalue weighted by atomic mass is 9.84. The third kappa shape index (κ3) is 5.05. The van der Waals surface area contributed by atoms with E-state index in [0.717, 1.165) is 32.4 Å². The number of nitrogens with zero attached hydrogens (tertiary/aromatic N) is 1. The molecular formula is C19H29NO3. The van der Waals surface area contributed by atoms with Gasteiger partial charge in [-0.05, 0) is 37.7 Å². The molecule has 128 valence electrons. The van der Waals surface area contributed by atoms with E-state index < -0.39 is 6.10 Å². The van der Waals surface area contributed by atoms with Crippen LogP contribution >= 0.6 is 0 Å². The number of ether oxygens (including phenoxy) is 1. The number of methoxy groups -OCH3 is 1. The topological polar surface area (TPSA) is 49.8 Å². The van der Waals surface area contributed by atoms with Gasteiger partial charge in [0.1, 0.15) is 0 Å². The molecule has 4 heteroatoms. The van der Waals surface area contributed by atoms with E-state index in [0.29, 0.717) is 12.8 Å². The molecule has 1 aliphatic carbocycles. The second kappa shape index (κ2) is 9.04. The Balaban J connectivity index is 1.94. The van der Waals surface area contributed by atoms with Crippen molar-refractivity contribution in [2.45, 2.75) is 51.2 Å². The minimum absolute atomic E-state index is 0.0225. The number of carbonyl (C=O) groups excluding carboxylic acids is 1. The number of aliphatic hydroxyl groups excluding tert-OH is 1. The van der Waals surface area contributed by atoms with Crippen molar-refractivity contribution in [3.63, 3.8) is 0 Å². The van der Waals surface area contributed by atoms with Gasteiger partial charge < -0.3 is 14.7 Å². The van der Waals surface area contributed by atoms with Gasteiger partial charge in [-0.3, -0.25) is 4.79 Å². The molecule has 1 aliphatic rings. The lowest BCUT2D eigenvalue weighted by molar-refractivity contribution is -0.141. The molecule has 0 aromatic heterocycles. The first kappa shape index (κ1) is 18.0. The molecular weight excluding hydrogens is 290 g/mol. The summed E-state index contributed by atoms with van der Waals surface area (Å²) in [6.45, 7) is 3.65. The molecule has 0 heterocycles. The van der Waals surface area contributed by atoms with Crippen LogP contribution in [0.1, 0.15) is 38.2 Å². The second-order valence-corrected chi connectivity index (χ2v) is 6.41. The quantitative estimate of drug-likeness (QED) is 0.840. The molecule has 0 unspecified atom stereocenters. The summed E-state index contributed by atoms with van der Waals surface area (Å²) < 4.78 is 5.33. The Bertz CT molecular complexity index is 477. The Labute approximate surface area is 139 Å². The molecule has 4 nitrogen and oxygen atoms in total. The summed E-state index contributed by atoms with van der Waals surface area (Å²) >= 11 is 0. The summed E-state index contributed by atoms with van der Waals surface area (Å²) in [6.07, 6.45) is 3.23. The Hall–Kier alpha value is -1.39. The van der Waals surface area contributed by atoms with Crippen molar-refractivity contribution < 1.29 is 14.6 Å². The fourth-order valence-corrected chi connectivity index (χ4v) is 3.36. The standard InChI is InChI=1S/C19H29NO3/c1-3-12-20(13-11-15-7-5-4-6-8-15)19(22)16-9-10-17(21)18(14-16)23-2/h4-8,16-18,21H,3,9-14H2,1-2H3/t16-,17+,18-/m1/s1. The van der Waals surface area contributed by atoms with E-state index in [-0.39, 0.29) is 17.9 Å². The van der Waals surface area contributed by atoms with Gasteiger partial charge in [-0.2, -0.15) is 0 Å². The molecule has 1 aromatic rings. The van der Waals surface area contributed by atoms with Gasteiger partial charge in [-0.1, -0.05) is 37.3 Å². The fourth-order valence-electron chi connectivity index (χ4n) is 3.36. The highest BCUT2D eigenvalue weighted by molar-refractivity contribution is 5.79. The van der Waals surface area contributed by atoms with Gasteiger partial charge in [0.25, 0.3) is 0 Å². The number of carbonyl (C=O) groups is 1. The number of hydrogen-bond acceptors (Lipinski definition) is 3. The molecule has 2 rings (SSSR count). The van der Waals surface area contributed by atoms with Gasteiger partial charge in [-0.25, -0.2) is 0 Å². The van der Waals surface area contributed by atoms with E-state index in [1.807, 2.05) is 23.1 Å². The number of aliphatic hydroxyl groups is 1. The summed E-state index contributed by atoms with van der Waals surface area (Å²) in [7, 11) is 1.61. The normalized spacial score (nSPS) is 24.4. The molecule has 0 bridgehead atoms. The summed E-state index contributed by atoms with van der Waals surface area (Å²) in [6, 6.07) is 10.3. The van der Waals surface area contributed by atoms with Gasteiger partial charge in [0.05, 0.1) is 12.2 Å². The highest BCUT2D eigenvalue weighted by atomic mass is 16.5. The van der Waals surface area contributed by atoms with Gasteiger partial charge in [0.15, 0.2) is 0 Å². The molecule has 1 fully saturated rings. The monoisotopic (exact) mass is 319 g/mol. The third-order valence-corrected chi connectivity index (χ3v) is 4.73. The summed E-state index contributed by atoms with van der Waals surface area (Å²) in [4.78, 5) is 14.9. The lowest BCUT2D eigenvalue weighted by Gasteiger charge is -2.34. The van der Waals surface area contributed by atoms with Crippen LogP contribution < -0.4 is 0 Å². The zero-order chi connectivity index (χ0) is 16.7. The minimum Gasteiger partial charge on any atom is -0.390 e. The Kier molecular flexibility index (Phi) is 7.06. The van der Waals surface area contributed by atoms with E-state index in [2.05, 4.69) is 19.1 Å². The number of rotatable bonds is 7. The van der Waals surface area contributed by atoms with Crippen LogP contribution in [-0.2, 0) is 16.0 Å². The Morgan fingerprint density at radius 1 is 1.26 bits per heavy atom. The van der Waals surface area contributed by atoms with Crippen LogP contribution in [0.2, 0.25) is 0 Å². The molecule has 0 spiro atoms. The first-order valence-corrected chi connectivity index (χ1v) is 8.69. The molecule has 1 saturated carbocycles. The average molecular weight is 319 g/mol. The van der Waals surface area contributed by atoms with Crippen molar-refractivity contribution in [2.75, 3.05) is 20.2 Å². The van der Waals surface area contributed by atoms with Gasteiger partial charge in [0.2, 0.25) is 5.91 Å². The first-order valence-electron chi connectivity index (χ1n) is 8.69. The Morgan fingerprint density at radius 3 is 2.65 bits per heavy atom. The largest absolute Gasteiger partial charge is 0.390 e. The fraction of sp³-hybridized carbons (Fsp3) is 0.632. The summed E-state index contributed by atoms with van der Waals surface area (Å²) in [5.74, 6) is 0.197. The van der Waals surface area contributed by atoms with Crippen molar-refractivity contribution in [1.29, 1.82) is 0 Å². The average Bonchev–Trinajstić information content (AvgIpc) is 2.59. The van der Waals surface area contributed by atoms with E-state index in [4.69, 9.17) is 4.74 Å². The molecule has 0 aliphatic heterocycles. The molecule has 1 aromatic carbocycles. The third-order valence-electron chi connectivity index (χ3n) is 4.73. The highest BCUT2D eigenvalue weighted by Gasteiger charge is 2.34. The van der Waals surface area contributed by atoms with E-state index in [1.54, 1.807) is 7.11 Å². The number of benzene rings is 1. The van der Waals surface area contributed by atoms with Gasteiger partial charge >= 0.3 is 0 Å². The van der Waals surface area contributed by atoms with E-state index >= 15 is 0 Å². The lowest BCUT2D eigenvalue weighted by Crippen LogP contribution is -2.44. The molecule has 0 saturated heterocycles. The van der Waals surface area contributed by atoms with Crippen LogP contribution in [0.15, 0.2) is 30.3 Å². The zero-order valence-corrected chi connectivity index (χ0v) is 14.3. The van der Waals surface area contributed by atoms with Crippen LogP contribution in [0, 0.1) is 5.92 Å². The van der Waals surface area contributed by atoms with Crippen molar-refractivity contribution in [3.8, 4) is 0 Å². The molecule has 0 radical (unpaired) electrons. The number of amides is 1. The van der Waals surface area contributed by atoms with Crippen LogP contribution in [0.4, 0.5) is 0 Å². The zero-order valence-electron chi connectivity index (χ0n) is 14.3. The van der Waals surface area contributed by atoms with Crippen LogP contribution in [0.5, 0.6) is 0 Å². The predicted octanol–water partition coefficient (Wildman–Crippen LogP) is 2.64. The Morgan fingerprint density at radius 2 is 2.00 bits per heavy atom. The van der Waals surface area contributed by atoms with Crippen molar-refractivity contribution in [2.24, 2.45) is 5.92 Å². The maximum absolute atomic E-state index is 12.9. The maximum atomic E-state index is 12.9. The molecule has 1 N–H and O–H groups in total. The summed E-state index contributed by atoms with van der Waals surface area (Å²) in [5, 5.41) is 9.91. The highest BCUT2D eigenvalue weighted by Crippen LogP contribution is 2.28. The molecule has 3 atom stereocenters. The minimum atomic E-state index is -0.437. The van der Waals surface area contributed by atoms with Crippen molar-refractivity contribution in [3.05, 3.63) is 35.9 Å². The maximum Gasteiger partial charge on any atom is 0.225 e. The van der Waals surface area contributed by atoms with Crippen LogP contribution in [0.3, 0.4) is 0 Å². The van der Waals surface area contributed by atoms with Crippen LogP contribution in [0.25, 0.3) is 0 Å². The summed E-state index contributed by atoms with van der Waals surface area (Å²) in [5.41, 5.74) is 1.26. The van der Waals surface area contributed by atoms with E-state index in [9.17, 15) is 9.90 Å². The second-order valence-electron chi connectivity index (χ2n) is 6.41. The van der Waals surface area contributed by atoms with Crippen molar-refractivity contribution in [1.82, 2.24) is 4.90 Å². The smallest absolute Gasteiger partial charge is 0.225 e. The van der Waals surface area contributed by atoms with Crippen molar-refractivity contribution >= 4 is 5.91 Å². The predicted molar refractivity (Wildman–Crippen MR) is 91.2 cm³/mol.